The summed E-state index contributed by atoms with van der Waals surface area (Å²) in [4.78, 5) is 47.7. The van der Waals surface area contributed by atoms with E-state index in [1.807, 2.05) is 25.7 Å². The number of aliphatic hydroxyl groups is 1. The largest absolute Gasteiger partial charge is 0.394 e. The molecule has 2 unspecified atom stereocenters. The lowest BCUT2D eigenvalue weighted by Crippen LogP contribution is -2.62. The molecule has 0 saturated carbocycles. The number of hydrogen-bond donors (Lipinski definition) is 1. The quantitative estimate of drug-likeness (QED) is 0.413. The second kappa shape index (κ2) is 10.4. The molecule has 3 saturated heterocycles. The third-order valence-corrected chi connectivity index (χ3v) is 8.91. The Balaban J connectivity index is 2.17. The zero-order valence-electron chi connectivity index (χ0n) is 24.7. The van der Waals surface area contributed by atoms with Crippen molar-refractivity contribution < 1.29 is 24.2 Å². The molecule has 2 bridgehead atoms. The number of amides is 3. The van der Waals surface area contributed by atoms with Gasteiger partial charge in [-0.1, -0.05) is 39.8 Å². The SMILES string of the molecule is C=CCN(C)C(=O)[C@H]1[C@H]2C(=O)N([C@H](C)CO)C(C(=O)N(CC=C)C(C)(C)CC(C)(C)C)C23CC[C@]1(CC)O3. The van der Waals surface area contributed by atoms with Crippen LogP contribution in [0.1, 0.15) is 74.1 Å². The van der Waals surface area contributed by atoms with Gasteiger partial charge in [0.2, 0.25) is 17.7 Å². The standard InChI is InChI=1S/C30H49N3O5/c1-11-16-31(10)24(35)21-22-25(36)33(20(4)18-34)23(30(22)15-14-29(21,13-3)38-30)26(37)32(17-12-2)28(8,9)19-27(5,6)7/h11-12,20-23,34H,1-2,13-19H2,3-10H3/t20-,21-,22+,23?,29+,30?/m1/s1. The van der Waals surface area contributed by atoms with Gasteiger partial charge in [-0.3, -0.25) is 14.4 Å². The number of fused-ring (bicyclic) bond motifs is 1. The predicted molar refractivity (Wildman–Crippen MR) is 148 cm³/mol. The van der Waals surface area contributed by atoms with Crippen molar-refractivity contribution >= 4 is 17.7 Å². The molecule has 3 aliphatic heterocycles. The fraction of sp³-hybridized carbons (Fsp3) is 0.767. The summed E-state index contributed by atoms with van der Waals surface area (Å²) in [6, 6.07) is -1.54. The number of likely N-dealkylation sites (N-methyl/N-ethyl adjacent to an activating group) is 1. The summed E-state index contributed by atoms with van der Waals surface area (Å²) in [5.74, 6) is -2.13. The van der Waals surface area contributed by atoms with E-state index in [9.17, 15) is 19.5 Å². The summed E-state index contributed by atoms with van der Waals surface area (Å²) < 4.78 is 6.86. The van der Waals surface area contributed by atoms with Crippen LogP contribution in [0.2, 0.25) is 0 Å². The lowest BCUT2D eigenvalue weighted by atomic mass is 9.64. The van der Waals surface area contributed by atoms with Crippen molar-refractivity contribution in [3.05, 3.63) is 25.3 Å². The molecular weight excluding hydrogens is 482 g/mol. The zero-order valence-corrected chi connectivity index (χ0v) is 24.7. The van der Waals surface area contributed by atoms with Gasteiger partial charge in [0.25, 0.3) is 0 Å². The van der Waals surface area contributed by atoms with E-state index in [1.165, 1.54) is 4.90 Å². The Morgan fingerprint density at radius 3 is 2.26 bits per heavy atom. The van der Waals surface area contributed by atoms with Gasteiger partial charge >= 0.3 is 0 Å². The highest BCUT2D eigenvalue weighted by Gasteiger charge is 2.79. The van der Waals surface area contributed by atoms with Gasteiger partial charge in [0.15, 0.2) is 0 Å². The summed E-state index contributed by atoms with van der Waals surface area (Å²) >= 11 is 0. The highest BCUT2D eigenvalue weighted by atomic mass is 16.5. The molecule has 0 radical (unpaired) electrons. The van der Waals surface area contributed by atoms with E-state index < -0.39 is 40.7 Å². The molecule has 0 aromatic carbocycles. The Labute approximate surface area is 229 Å². The maximum absolute atomic E-state index is 14.7. The number of carbonyl (C=O) groups is 3. The van der Waals surface area contributed by atoms with Crippen molar-refractivity contribution in [1.82, 2.24) is 14.7 Å². The van der Waals surface area contributed by atoms with Crippen molar-refractivity contribution in [3.63, 3.8) is 0 Å². The van der Waals surface area contributed by atoms with Gasteiger partial charge in [-0.2, -0.15) is 0 Å². The summed E-state index contributed by atoms with van der Waals surface area (Å²) in [5, 5.41) is 10.2. The van der Waals surface area contributed by atoms with Crippen molar-refractivity contribution in [2.75, 3.05) is 26.7 Å². The summed E-state index contributed by atoms with van der Waals surface area (Å²) in [5.41, 5.74) is -2.51. The van der Waals surface area contributed by atoms with E-state index in [-0.39, 0.29) is 29.7 Å². The number of aliphatic hydroxyl groups excluding tert-OH is 1. The first kappa shape index (κ1) is 30.4. The van der Waals surface area contributed by atoms with Crippen LogP contribution < -0.4 is 0 Å². The first-order chi connectivity index (χ1) is 17.6. The number of hydrogen-bond acceptors (Lipinski definition) is 5. The van der Waals surface area contributed by atoms with Crippen LogP contribution in [0.15, 0.2) is 25.3 Å². The maximum Gasteiger partial charge on any atom is 0.249 e. The second-order valence-electron chi connectivity index (χ2n) is 13.4. The Kier molecular flexibility index (Phi) is 8.32. The van der Waals surface area contributed by atoms with Crippen LogP contribution in [0.4, 0.5) is 0 Å². The Bertz CT molecular complexity index is 971. The number of carbonyl (C=O) groups excluding carboxylic acids is 3. The molecule has 214 valence electrons. The third-order valence-electron chi connectivity index (χ3n) is 8.91. The van der Waals surface area contributed by atoms with Crippen molar-refractivity contribution in [2.24, 2.45) is 17.3 Å². The normalized spacial score (nSPS) is 31.2. The van der Waals surface area contributed by atoms with Gasteiger partial charge < -0.3 is 24.5 Å². The molecule has 8 nitrogen and oxygen atoms in total. The van der Waals surface area contributed by atoms with Gasteiger partial charge in [-0.15, -0.1) is 13.2 Å². The lowest BCUT2D eigenvalue weighted by Gasteiger charge is -2.46. The summed E-state index contributed by atoms with van der Waals surface area (Å²) in [7, 11) is 1.71. The third kappa shape index (κ3) is 4.72. The van der Waals surface area contributed by atoms with Crippen LogP contribution in [0.5, 0.6) is 0 Å². The van der Waals surface area contributed by atoms with Crippen molar-refractivity contribution in [1.29, 1.82) is 0 Å². The topological polar surface area (TPSA) is 90.4 Å². The minimum atomic E-state index is -1.12. The molecule has 0 aromatic rings. The molecule has 6 atom stereocenters. The minimum Gasteiger partial charge on any atom is -0.394 e. The van der Waals surface area contributed by atoms with E-state index in [1.54, 1.807) is 31.0 Å². The molecule has 3 heterocycles. The molecule has 3 rings (SSSR count). The average Bonchev–Trinajstić information content (AvgIpc) is 3.43. The Morgan fingerprint density at radius 2 is 1.76 bits per heavy atom. The highest BCUT2D eigenvalue weighted by Crippen LogP contribution is 2.65. The number of ether oxygens (including phenoxy) is 1. The molecule has 3 aliphatic rings. The summed E-state index contributed by atoms with van der Waals surface area (Å²) in [6.45, 7) is 22.3. The van der Waals surface area contributed by atoms with Gasteiger partial charge in [0.1, 0.15) is 11.6 Å². The molecule has 0 aromatic heterocycles. The van der Waals surface area contributed by atoms with Gasteiger partial charge in [-0.25, -0.2) is 0 Å². The van der Waals surface area contributed by atoms with Crippen molar-refractivity contribution in [2.45, 2.75) is 103 Å². The van der Waals surface area contributed by atoms with Gasteiger partial charge in [-0.05, 0) is 51.9 Å². The van der Waals surface area contributed by atoms with E-state index in [0.29, 0.717) is 32.4 Å². The maximum atomic E-state index is 14.7. The van der Waals surface area contributed by atoms with Crippen LogP contribution in [-0.2, 0) is 19.1 Å². The first-order valence-electron chi connectivity index (χ1n) is 14.0. The Hall–Kier alpha value is -2.19. The molecule has 3 fully saturated rings. The monoisotopic (exact) mass is 531 g/mol. The zero-order chi connectivity index (χ0) is 28.8. The lowest BCUT2D eigenvalue weighted by molar-refractivity contribution is -0.160. The van der Waals surface area contributed by atoms with Crippen LogP contribution >= 0.6 is 0 Å². The molecule has 38 heavy (non-hydrogen) atoms. The Morgan fingerprint density at radius 1 is 1.16 bits per heavy atom. The van der Waals surface area contributed by atoms with Gasteiger partial charge in [0, 0.05) is 25.7 Å². The summed E-state index contributed by atoms with van der Waals surface area (Å²) in [6.07, 6.45) is 5.79. The molecule has 8 heteroatoms. The van der Waals surface area contributed by atoms with Crippen LogP contribution in [-0.4, -0.2) is 93.1 Å². The van der Waals surface area contributed by atoms with Gasteiger partial charge in [0.05, 0.1) is 30.1 Å². The van der Waals surface area contributed by atoms with E-state index in [4.69, 9.17) is 4.74 Å². The second-order valence-corrected chi connectivity index (χ2v) is 13.4. The van der Waals surface area contributed by atoms with Crippen LogP contribution in [0.25, 0.3) is 0 Å². The number of likely N-dealkylation sites (tertiary alicyclic amines) is 1. The average molecular weight is 532 g/mol. The first-order valence-corrected chi connectivity index (χ1v) is 14.0. The predicted octanol–water partition coefficient (Wildman–Crippen LogP) is 3.40. The fourth-order valence-corrected chi connectivity index (χ4v) is 7.70. The van der Waals surface area contributed by atoms with E-state index >= 15 is 0 Å². The van der Waals surface area contributed by atoms with Crippen LogP contribution in [0.3, 0.4) is 0 Å². The number of rotatable bonds is 11. The number of nitrogens with zero attached hydrogens (tertiary/aromatic N) is 3. The molecule has 1 spiro atoms. The van der Waals surface area contributed by atoms with E-state index in [0.717, 1.165) is 6.42 Å². The molecule has 1 N–H and O–H groups in total. The molecule has 3 amide bonds. The highest BCUT2D eigenvalue weighted by molar-refractivity contribution is 5.99. The van der Waals surface area contributed by atoms with Crippen LogP contribution in [0, 0.1) is 17.3 Å². The smallest absolute Gasteiger partial charge is 0.249 e. The molecular formula is C30H49N3O5. The molecule has 0 aliphatic carbocycles. The minimum absolute atomic E-state index is 0.0462. The van der Waals surface area contributed by atoms with Crippen molar-refractivity contribution in [3.8, 4) is 0 Å². The van der Waals surface area contributed by atoms with E-state index in [2.05, 4.69) is 33.9 Å². The fourth-order valence-electron chi connectivity index (χ4n) is 7.70.